The lowest BCUT2D eigenvalue weighted by Gasteiger charge is -2.20. The molecule has 1 aliphatic carbocycles. The topological polar surface area (TPSA) is 115 Å². The molecule has 3 aromatic rings. The summed E-state index contributed by atoms with van der Waals surface area (Å²) in [6.45, 7) is 1.85. The molecule has 1 atom stereocenters. The fraction of sp³-hybridized carbons (Fsp3) is 0.286. The number of nitrogens with zero attached hydrogens (tertiary/aromatic N) is 4. The van der Waals surface area contributed by atoms with Crippen LogP contribution in [0.5, 0.6) is 0 Å². The number of carbonyl (C=O) groups is 1. The lowest BCUT2D eigenvalue weighted by molar-refractivity contribution is -0.140. The molecule has 8 nitrogen and oxygen atoms in total. The highest BCUT2D eigenvalue weighted by Gasteiger charge is 2.40. The van der Waals surface area contributed by atoms with Crippen molar-refractivity contribution < 1.29 is 31.0 Å². The highest BCUT2D eigenvalue weighted by atomic mass is 32.2. The maximum absolute atomic E-state index is 14.6. The van der Waals surface area contributed by atoms with Crippen LogP contribution in [0.15, 0.2) is 39.9 Å². The van der Waals surface area contributed by atoms with Crippen molar-refractivity contribution in [3.63, 3.8) is 0 Å². The number of aromatic nitrogens is 3. The molecule has 0 spiro atoms. The van der Waals surface area contributed by atoms with Crippen LogP contribution in [0.2, 0.25) is 0 Å². The molecule has 0 fully saturated rings. The fourth-order valence-corrected chi connectivity index (χ4v) is 4.82. The van der Waals surface area contributed by atoms with Gasteiger partial charge >= 0.3 is 12.2 Å². The van der Waals surface area contributed by atoms with Crippen molar-refractivity contribution in [2.75, 3.05) is 5.32 Å². The Bertz CT molecular complexity index is 1440. The van der Waals surface area contributed by atoms with E-state index < -0.39 is 55.6 Å². The first-order chi connectivity index (χ1) is 16.4. The number of rotatable bonds is 4. The number of amides is 2. The van der Waals surface area contributed by atoms with E-state index in [1.165, 1.54) is 12.1 Å². The van der Waals surface area contributed by atoms with Gasteiger partial charge in [-0.25, -0.2) is 27.9 Å². The number of aryl methyl sites for hydroxylation is 2. The minimum Gasteiger partial charge on any atom is -0.304 e. The highest BCUT2D eigenvalue weighted by molar-refractivity contribution is 7.91. The Morgan fingerprint density at radius 1 is 1.23 bits per heavy atom. The normalized spacial score (nSPS) is 14.9. The van der Waals surface area contributed by atoms with Crippen LogP contribution in [-0.4, -0.2) is 25.0 Å². The van der Waals surface area contributed by atoms with E-state index in [-0.39, 0.29) is 36.3 Å². The first kappa shape index (κ1) is 24.7. The summed E-state index contributed by atoms with van der Waals surface area (Å²) in [6, 6.07) is 3.32. The highest BCUT2D eigenvalue weighted by Crippen LogP contribution is 2.45. The molecule has 2 amide bonds. The molecule has 0 saturated carbocycles. The molecule has 3 N–H and O–H groups in total. The largest absolute Gasteiger partial charge is 0.434 e. The molecule has 35 heavy (non-hydrogen) atoms. The Hall–Kier alpha value is -3.39. The van der Waals surface area contributed by atoms with E-state index in [0.717, 1.165) is 23.0 Å². The summed E-state index contributed by atoms with van der Waals surface area (Å²) in [5, 5.41) is 10.7. The number of hydrogen-bond donors (Lipinski definition) is 2. The first-order valence-electron chi connectivity index (χ1n) is 10.4. The summed E-state index contributed by atoms with van der Waals surface area (Å²) in [4.78, 5) is 16.5. The van der Waals surface area contributed by atoms with Crippen molar-refractivity contribution in [2.24, 2.45) is 9.50 Å². The predicted octanol–water partition coefficient (Wildman–Crippen LogP) is 4.68. The average molecular weight is 514 g/mol. The van der Waals surface area contributed by atoms with Gasteiger partial charge in [0.15, 0.2) is 21.4 Å². The van der Waals surface area contributed by atoms with Crippen LogP contribution in [0, 0.1) is 11.6 Å². The number of nitrogens with one attached hydrogen (secondary N) is 1. The first-order valence-corrected chi connectivity index (χ1v) is 12.0. The van der Waals surface area contributed by atoms with Crippen molar-refractivity contribution in [2.45, 2.75) is 43.9 Å². The zero-order valence-electron chi connectivity index (χ0n) is 18.2. The number of halogens is 5. The lowest BCUT2D eigenvalue weighted by atomic mass is 9.97. The van der Waals surface area contributed by atoms with Gasteiger partial charge in [-0.2, -0.15) is 18.3 Å². The molecule has 4 rings (SSSR count). The minimum atomic E-state index is -4.98. The third-order valence-electron chi connectivity index (χ3n) is 5.37. The zero-order chi connectivity index (χ0) is 25.5. The summed E-state index contributed by atoms with van der Waals surface area (Å²) < 4.78 is 87.9. The fourth-order valence-electron chi connectivity index (χ4n) is 3.89. The SMILES string of the molecule is CCn1cc(F)c([S@@](N)(=O)=NC(=O)Nc2c3c(nc(C(F)(F)F)c2-c2ccccc2F)CCC3)n1. The second-order valence-electron chi connectivity index (χ2n) is 7.69. The van der Waals surface area contributed by atoms with Gasteiger partial charge < -0.3 is 5.32 Å². The van der Waals surface area contributed by atoms with E-state index in [9.17, 15) is 31.0 Å². The van der Waals surface area contributed by atoms with E-state index in [0.29, 0.717) is 6.42 Å². The molecule has 1 aromatic carbocycles. The predicted molar refractivity (Wildman–Crippen MR) is 117 cm³/mol. The van der Waals surface area contributed by atoms with E-state index in [4.69, 9.17) is 5.14 Å². The number of fused-ring (bicyclic) bond motifs is 1. The molecular formula is C21H19F5N6O2S. The van der Waals surface area contributed by atoms with Crippen molar-refractivity contribution in [3.05, 3.63) is 59.0 Å². The Labute approximate surface area is 196 Å². The van der Waals surface area contributed by atoms with Gasteiger partial charge in [-0.1, -0.05) is 18.2 Å². The van der Waals surface area contributed by atoms with Gasteiger partial charge in [-0.3, -0.25) is 4.68 Å². The maximum atomic E-state index is 14.6. The molecule has 0 unspecified atom stereocenters. The Balaban J connectivity index is 1.88. The van der Waals surface area contributed by atoms with Crippen molar-refractivity contribution in [3.8, 4) is 11.1 Å². The Kier molecular flexibility index (Phi) is 6.36. The van der Waals surface area contributed by atoms with Crippen molar-refractivity contribution in [1.29, 1.82) is 0 Å². The monoisotopic (exact) mass is 514 g/mol. The molecule has 2 aromatic heterocycles. The van der Waals surface area contributed by atoms with Crippen LogP contribution in [0.3, 0.4) is 0 Å². The number of alkyl halides is 3. The Morgan fingerprint density at radius 3 is 2.57 bits per heavy atom. The van der Waals surface area contributed by atoms with Gasteiger partial charge in [0.1, 0.15) is 5.82 Å². The number of carbonyl (C=O) groups excluding carboxylic acids is 1. The average Bonchev–Trinajstić information content (AvgIpc) is 3.39. The number of benzene rings is 1. The number of pyridine rings is 1. The van der Waals surface area contributed by atoms with Gasteiger partial charge in [0.2, 0.25) is 5.03 Å². The maximum Gasteiger partial charge on any atom is 0.434 e. The number of anilines is 1. The van der Waals surface area contributed by atoms with Crippen LogP contribution in [-0.2, 0) is 35.5 Å². The van der Waals surface area contributed by atoms with Crippen LogP contribution in [0.4, 0.5) is 32.4 Å². The van der Waals surface area contributed by atoms with E-state index in [1.807, 2.05) is 0 Å². The smallest absolute Gasteiger partial charge is 0.304 e. The van der Waals surface area contributed by atoms with Crippen LogP contribution >= 0.6 is 0 Å². The molecular weight excluding hydrogens is 495 g/mol. The van der Waals surface area contributed by atoms with Gasteiger partial charge in [-0.15, -0.1) is 4.36 Å². The molecule has 0 saturated heterocycles. The Morgan fingerprint density at radius 2 is 1.94 bits per heavy atom. The van der Waals surface area contributed by atoms with E-state index >= 15 is 0 Å². The van der Waals surface area contributed by atoms with E-state index in [1.54, 1.807) is 6.92 Å². The summed E-state index contributed by atoms with van der Waals surface area (Å²) >= 11 is 0. The summed E-state index contributed by atoms with van der Waals surface area (Å²) in [5.41, 5.74) is -2.53. The van der Waals surface area contributed by atoms with Gasteiger partial charge in [0, 0.05) is 23.4 Å². The standard InChI is InChI=1S/C21H19F5N6O2S/c1-2-32-10-14(23)19(30-32)35(27,34)31-20(33)29-17-12-7-5-9-15(12)28-18(21(24,25)26)16(17)11-6-3-4-8-13(11)22/h3-4,6,8,10H,2,5,7,9H2,1H3,(H3,27,28,29,31,33,34)/t35-/m0/s1. The molecule has 186 valence electrons. The van der Waals surface area contributed by atoms with Gasteiger partial charge in [0.25, 0.3) is 0 Å². The quantitative estimate of drug-likeness (QED) is 0.492. The summed E-state index contributed by atoms with van der Waals surface area (Å²) in [7, 11) is -4.19. The molecule has 14 heteroatoms. The second-order valence-corrected chi connectivity index (χ2v) is 9.40. The van der Waals surface area contributed by atoms with Crippen molar-refractivity contribution >= 4 is 21.6 Å². The number of hydrogen-bond acceptors (Lipinski definition) is 4. The van der Waals surface area contributed by atoms with Crippen molar-refractivity contribution in [1.82, 2.24) is 14.8 Å². The van der Waals surface area contributed by atoms with Crippen LogP contribution in [0.1, 0.15) is 30.3 Å². The van der Waals surface area contributed by atoms with Gasteiger partial charge in [0.05, 0.1) is 11.9 Å². The molecule has 0 bridgehead atoms. The molecule has 2 heterocycles. The number of nitrogens with two attached hydrogens (primary N) is 1. The molecule has 0 aliphatic heterocycles. The summed E-state index contributed by atoms with van der Waals surface area (Å²) in [6.07, 6.45) is -3.15. The van der Waals surface area contributed by atoms with Gasteiger partial charge in [-0.05, 0) is 37.8 Å². The second kappa shape index (κ2) is 9.00. The van der Waals surface area contributed by atoms with Crippen LogP contribution in [0.25, 0.3) is 11.1 Å². The van der Waals surface area contributed by atoms with E-state index in [2.05, 4.69) is 19.8 Å². The molecule has 1 aliphatic rings. The third kappa shape index (κ3) is 4.75. The minimum absolute atomic E-state index is 0.0916. The molecule has 0 radical (unpaired) electrons. The zero-order valence-corrected chi connectivity index (χ0v) is 19.0. The number of urea groups is 1. The van der Waals surface area contributed by atoms with Crippen LogP contribution < -0.4 is 10.5 Å². The summed E-state index contributed by atoms with van der Waals surface area (Å²) in [5.74, 6) is -2.04. The lowest BCUT2D eigenvalue weighted by Crippen LogP contribution is -2.21. The third-order valence-corrected chi connectivity index (χ3v) is 6.64.